The molecule has 212 valence electrons. The predicted octanol–water partition coefficient (Wildman–Crippen LogP) is 11.2. The fourth-order valence-corrected chi connectivity index (χ4v) is 13.5. The van der Waals surface area contributed by atoms with Gasteiger partial charge in [-0.25, -0.2) is 12.2 Å². The Morgan fingerprint density at radius 1 is 0.750 bits per heavy atom. The van der Waals surface area contributed by atoms with Gasteiger partial charge in [-0.05, 0) is 28.4 Å². The van der Waals surface area contributed by atoms with E-state index in [1.165, 1.54) is 57.3 Å². The Hall–Kier alpha value is -0.980. The van der Waals surface area contributed by atoms with Crippen molar-refractivity contribution in [1.29, 1.82) is 0 Å². The van der Waals surface area contributed by atoms with E-state index in [0.29, 0.717) is 0 Å². The van der Waals surface area contributed by atoms with Crippen molar-refractivity contribution in [3.05, 3.63) is 83.0 Å². The van der Waals surface area contributed by atoms with E-state index in [9.17, 15) is 0 Å². The second-order valence-electron chi connectivity index (χ2n) is 14.4. The Morgan fingerprint density at radius 3 is 1.82 bits per heavy atom. The molecule has 0 unspecified atom stereocenters. The molecule has 2 aromatic rings. The average molecular weight is 628 g/mol. The summed E-state index contributed by atoms with van der Waals surface area (Å²) < 4.78 is 0. The molecule has 0 nitrogen and oxygen atoms in total. The van der Waals surface area contributed by atoms with E-state index < -0.39 is 0 Å². The molecule has 0 aromatic heterocycles. The van der Waals surface area contributed by atoms with Crippen LogP contribution in [0.15, 0.2) is 48.6 Å². The molecule has 4 aliphatic rings. The third-order valence-electron chi connectivity index (χ3n) is 9.14. The summed E-state index contributed by atoms with van der Waals surface area (Å²) in [6.07, 6.45) is 26.7. The zero-order chi connectivity index (χ0) is 28.8. The van der Waals surface area contributed by atoms with Crippen LogP contribution in [0.3, 0.4) is 0 Å². The van der Waals surface area contributed by atoms with E-state index in [1.54, 1.807) is 51.4 Å². The second kappa shape index (κ2) is 14.5. The molecule has 0 atom stereocenters. The van der Waals surface area contributed by atoms with Gasteiger partial charge in [0.2, 0.25) is 0 Å². The van der Waals surface area contributed by atoms with Crippen LogP contribution < -0.4 is 0 Å². The maximum atomic E-state index is 3.67. The van der Waals surface area contributed by atoms with Crippen LogP contribution in [0.25, 0.3) is 11.1 Å². The number of fused-ring (bicyclic) bond motifs is 3. The third kappa shape index (κ3) is 8.77. The van der Waals surface area contributed by atoms with Crippen LogP contribution in [-0.2, 0) is 40.6 Å². The van der Waals surface area contributed by atoms with E-state index >= 15 is 0 Å². The first-order valence-electron chi connectivity index (χ1n) is 16.0. The Balaban J connectivity index is 0.000000166. The summed E-state index contributed by atoms with van der Waals surface area (Å²) >= 11 is 1.95. The zero-order valence-electron chi connectivity index (χ0n) is 26.3. The molecular weight excluding hydrogens is 576 g/mol. The molecule has 0 heterocycles. The molecule has 2 fully saturated rings. The number of benzene rings is 2. The quantitative estimate of drug-likeness (QED) is 0.196. The third-order valence-corrected chi connectivity index (χ3v) is 18.1. The molecule has 0 spiro atoms. The zero-order valence-corrected chi connectivity index (χ0v) is 29.7. The van der Waals surface area contributed by atoms with Gasteiger partial charge in [0.05, 0.1) is 0 Å². The Morgan fingerprint density at radius 2 is 1.35 bits per heavy atom. The molecule has 0 amide bonds. The number of hydrogen-bond donors (Lipinski definition) is 0. The van der Waals surface area contributed by atoms with Gasteiger partial charge in [-0.2, -0.15) is 29.8 Å². The van der Waals surface area contributed by atoms with Crippen molar-refractivity contribution in [3.8, 4) is 11.1 Å². The van der Waals surface area contributed by atoms with Crippen LogP contribution >= 0.6 is 0 Å². The van der Waals surface area contributed by atoms with Crippen molar-refractivity contribution in [2.45, 2.75) is 141 Å². The van der Waals surface area contributed by atoms with E-state index in [4.69, 9.17) is 0 Å². The van der Waals surface area contributed by atoms with Gasteiger partial charge in [-0.3, -0.25) is 6.08 Å². The van der Waals surface area contributed by atoms with Gasteiger partial charge < -0.3 is 0 Å². The summed E-state index contributed by atoms with van der Waals surface area (Å²) in [6.45, 7) is 13.6. The first-order valence-corrected chi connectivity index (χ1v) is 21.4. The maximum absolute atomic E-state index is 3.67. The normalized spacial score (nSPS) is 18.8. The van der Waals surface area contributed by atoms with Crippen LogP contribution in [0.2, 0.25) is 11.1 Å². The number of allylic oxidation sites excluding steroid dienone is 4. The fourth-order valence-electron chi connectivity index (χ4n) is 6.53. The van der Waals surface area contributed by atoms with Gasteiger partial charge in [0.1, 0.15) is 0 Å². The molecule has 0 N–H and O–H groups in total. The van der Waals surface area contributed by atoms with Gasteiger partial charge in [0.15, 0.2) is 0 Å². The molecule has 2 saturated carbocycles. The Bertz CT molecular complexity index is 1100. The average Bonchev–Trinajstić information content (AvgIpc) is 3.64. The molecule has 6 rings (SSSR count). The first kappa shape index (κ1) is 31.9. The minimum absolute atomic E-state index is 0.0991. The predicted molar refractivity (Wildman–Crippen MR) is 172 cm³/mol. The fraction of sp³-hybridized carbons (Fsp3) is 0.579. The number of hydrogen-bond acceptors (Lipinski definition) is 0. The van der Waals surface area contributed by atoms with Gasteiger partial charge in [-0.1, -0.05) is 65.3 Å². The topological polar surface area (TPSA) is 0 Å². The number of rotatable bonds is 2. The molecule has 0 saturated heterocycles. The van der Waals surface area contributed by atoms with E-state index in [2.05, 4.69) is 90.1 Å². The molecule has 0 bridgehead atoms. The second-order valence-corrected chi connectivity index (χ2v) is 21.2. The van der Waals surface area contributed by atoms with Crippen molar-refractivity contribution >= 4 is 5.43 Å². The summed E-state index contributed by atoms with van der Waals surface area (Å²) in [6, 6.07) is 15.2. The molecule has 4 aliphatic carbocycles. The summed E-state index contributed by atoms with van der Waals surface area (Å²) in [5.74, 6) is 0. The summed E-state index contributed by atoms with van der Waals surface area (Å²) in [5.41, 5.74) is 11.3. The Kier molecular flexibility index (Phi) is 11.6. The molecule has 2 aromatic carbocycles. The Labute approximate surface area is 261 Å². The van der Waals surface area contributed by atoms with Crippen molar-refractivity contribution in [2.75, 3.05) is 0 Å². The monoisotopic (exact) mass is 626 g/mol. The summed E-state index contributed by atoms with van der Waals surface area (Å²) in [7, 11) is 0. The molecule has 2 heteroatoms. The molecule has 40 heavy (non-hydrogen) atoms. The van der Waals surface area contributed by atoms with Crippen molar-refractivity contribution in [3.63, 3.8) is 0 Å². The molecule has 0 aliphatic heterocycles. The van der Waals surface area contributed by atoms with Crippen LogP contribution in [0, 0.1) is 12.1 Å². The van der Waals surface area contributed by atoms with Crippen LogP contribution in [0.5, 0.6) is 0 Å². The van der Waals surface area contributed by atoms with E-state index in [1.807, 2.05) is 35.5 Å². The van der Waals surface area contributed by atoms with Gasteiger partial charge >= 0.3 is 104 Å². The molecule has 0 radical (unpaired) electrons. The summed E-state index contributed by atoms with van der Waals surface area (Å²) in [4.78, 5) is 0. The standard InChI is InChI=1S/C21H25.C12H22Si.C5H5.Zr/c1-20(2,3)16-7-9-18-14(12-16)11-15-13-17(21(4,5)6)8-10-19(15)18;1-3-7-11(8-4-1)13-12-9-5-2-6-10-12;1-2-4-5-3-1;/h7-10,12H,11H2,1-6H3;11-12H,1-10H2;1-3H,4H2;/q-1;;-1;+2. The van der Waals surface area contributed by atoms with Crippen molar-refractivity contribution < 1.29 is 23.3 Å². The molecular formula is C38H52SiZr. The first-order chi connectivity index (χ1) is 19.0. The van der Waals surface area contributed by atoms with Gasteiger partial charge in [0, 0.05) is 0 Å². The van der Waals surface area contributed by atoms with Gasteiger partial charge in [0.25, 0.3) is 0 Å². The van der Waals surface area contributed by atoms with E-state index in [0.717, 1.165) is 12.8 Å². The van der Waals surface area contributed by atoms with Crippen molar-refractivity contribution in [2.24, 2.45) is 0 Å². The van der Waals surface area contributed by atoms with E-state index in [-0.39, 0.29) is 16.3 Å². The SMILES string of the molecule is CC(C)(C)c1[c-]c2c(cc1)-c1ccc(C(C)(C)C)cc1C2.[C-]1=CC=CC1.[Zr+2]=[Si](C1CCCCC1)C1CCCCC1. The summed E-state index contributed by atoms with van der Waals surface area (Å²) in [5, 5.41) is 0. The minimum atomic E-state index is 0.0991. The van der Waals surface area contributed by atoms with Crippen molar-refractivity contribution in [1.82, 2.24) is 0 Å². The van der Waals surface area contributed by atoms with Crippen LogP contribution in [-0.4, -0.2) is 5.43 Å². The van der Waals surface area contributed by atoms with Crippen LogP contribution in [0.1, 0.15) is 134 Å². The van der Waals surface area contributed by atoms with Gasteiger partial charge in [-0.15, -0.1) is 17.5 Å². The van der Waals surface area contributed by atoms with Crippen LogP contribution in [0.4, 0.5) is 0 Å².